The number of carbonyl (C=O) groups excluding carboxylic acids is 2. The molecule has 1 heterocycles. The molecule has 1 aliphatic rings. The van der Waals surface area contributed by atoms with Gasteiger partial charge in [0.05, 0.1) is 16.1 Å². The molecule has 0 radical (unpaired) electrons. The highest BCUT2D eigenvalue weighted by molar-refractivity contribution is 7.92. The second-order valence-corrected chi connectivity index (χ2v) is 8.66. The molecule has 0 unspecified atom stereocenters. The lowest BCUT2D eigenvalue weighted by Crippen LogP contribution is -2.36. The smallest absolute Gasteiger partial charge is 0.339 e. The van der Waals surface area contributed by atoms with Crippen LogP contribution < -0.4 is 10.0 Å². The summed E-state index contributed by atoms with van der Waals surface area (Å²) >= 11 is 0. The molecule has 1 saturated heterocycles. The predicted octanol–water partition coefficient (Wildman–Crippen LogP) is 3.61. The Hall–Kier alpha value is -3.08. The second kappa shape index (κ2) is 8.96. The van der Waals surface area contributed by atoms with E-state index in [1.54, 1.807) is 22.3 Å². The standard InChI is InChI=1S/C20H20F3N3O4S/c21-20(22,23)19(28)24-14-8-10-15(11-9-14)31(29,30)25-17-7-3-2-6-16(17)18(27)26-12-4-1-5-13-26/h2-3,6-11,25H,1,4-5,12-13H2,(H,24,28). The number of amides is 2. The molecule has 0 saturated carbocycles. The van der Waals surface area contributed by atoms with E-state index in [0.717, 1.165) is 43.5 Å². The number of nitrogens with zero attached hydrogens (tertiary/aromatic N) is 1. The zero-order chi connectivity index (χ0) is 22.6. The van der Waals surface area contributed by atoms with Crippen LogP contribution in [0.2, 0.25) is 0 Å². The maximum absolute atomic E-state index is 12.8. The molecule has 2 aromatic carbocycles. The van der Waals surface area contributed by atoms with Gasteiger partial charge >= 0.3 is 12.1 Å². The third kappa shape index (κ3) is 5.54. The number of carbonyl (C=O) groups is 2. The number of halogens is 3. The highest BCUT2D eigenvalue weighted by Crippen LogP contribution is 2.24. The topological polar surface area (TPSA) is 95.6 Å². The lowest BCUT2D eigenvalue weighted by Gasteiger charge is -2.27. The van der Waals surface area contributed by atoms with Gasteiger partial charge in [-0.15, -0.1) is 0 Å². The summed E-state index contributed by atoms with van der Waals surface area (Å²) in [6, 6.07) is 10.4. The first-order valence-electron chi connectivity index (χ1n) is 9.47. The monoisotopic (exact) mass is 455 g/mol. The Kier molecular flexibility index (Phi) is 6.54. The molecular formula is C20H20F3N3O4S. The van der Waals surface area contributed by atoms with Crippen molar-refractivity contribution in [1.29, 1.82) is 0 Å². The molecule has 2 N–H and O–H groups in total. The van der Waals surface area contributed by atoms with Crippen LogP contribution in [0.5, 0.6) is 0 Å². The van der Waals surface area contributed by atoms with Gasteiger partial charge in [-0.1, -0.05) is 12.1 Å². The molecule has 0 bridgehead atoms. The average Bonchev–Trinajstić information content (AvgIpc) is 2.74. The molecule has 11 heteroatoms. The van der Waals surface area contributed by atoms with Crippen LogP contribution in [-0.2, 0) is 14.8 Å². The van der Waals surface area contributed by atoms with Gasteiger partial charge in [0.2, 0.25) is 0 Å². The van der Waals surface area contributed by atoms with Crippen LogP contribution in [0.15, 0.2) is 53.4 Å². The van der Waals surface area contributed by atoms with Gasteiger partial charge in [0, 0.05) is 18.8 Å². The van der Waals surface area contributed by atoms with Crippen molar-refractivity contribution >= 4 is 33.2 Å². The largest absolute Gasteiger partial charge is 0.471 e. The maximum Gasteiger partial charge on any atom is 0.471 e. The Bertz CT molecular complexity index is 1060. The third-order valence-electron chi connectivity index (χ3n) is 4.73. The van der Waals surface area contributed by atoms with Gasteiger partial charge in [-0.05, 0) is 55.7 Å². The quantitative estimate of drug-likeness (QED) is 0.720. The molecule has 0 atom stereocenters. The van der Waals surface area contributed by atoms with Crippen LogP contribution in [0.4, 0.5) is 24.5 Å². The van der Waals surface area contributed by atoms with Crippen LogP contribution in [-0.4, -0.2) is 44.4 Å². The predicted molar refractivity (Wildman–Crippen MR) is 108 cm³/mol. The molecular weight excluding hydrogens is 435 g/mol. The molecule has 1 fully saturated rings. The summed E-state index contributed by atoms with van der Waals surface area (Å²) in [5, 5.41) is 1.64. The van der Waals surface area contributed by atoms with E-state index in [2.05, 4.69) is 4.72 Å². The summed E-state index contributed by atoms with van der Waals surface area (Å²) in [7, 11) is -4.13. The van der Waals surface area contributed by atoms with Crippen molar-refractivity contribution < 1.29 is 31.2 Å². The van der Waals surface area contributed by atoms with E-state index >= 15 is 0 Å². The van der Waals surface area contributed by atoms with Crippen molar-refractivity contribution in [2.45, 2.75) is 30.3 Å². The second-order valence-electron chi connectivity index (χ2n) is 6.98. The number of anilines is 2. The van der Waals surface area contributed by atoms with E-state index in [9.17, 15) is 31.2 Å². The maximum atomic E-state index is 12.8. The van der Waals surface area contributed by atoms with Gasteiger partial charge in [0.1, 0.15) is 0 Å². The van der Waals surface area contributed by atoms with E-state index in [0.29, 0.717) is 13.1 Å². The van der Waals surface area contributed by atoms with Crippen molar-refractivity contribution in [1.82, 2.24) is 4.90 Å². The van der Waals surface area contributed by atoms with Gasteiger partial charge in [-0.2, -0.15) is 13.2 Å². The van der Waals surface area contributed by atoms with Gasteiger partial charge in [-0.25, -0.2) is 8.42 Å². The van der Waals surface area contributed by atoms with Crippen molar-refractivity contribution in [2.75, 3.05) is 23.1 Å². The van der Waals surface area contributed by atoms with Crippen LogP contribution >= 0.6 is 0 Å². The fraction of sp³-hybridized carbons (Fsp3) is 0.300. The van der Waals surface area contributed by atoms with E-state index in [1.807, 2.05) is 0 Å². The van der Waals surface area contributed by atoms with Crippen molar-refractivity contribution in [2.24, 2.45) is 0 Å². The summed E-state index contributed by atoms with van der Waals surface area (Å²) in [6.07, 6.45) is -2.25. The minimum atomic E-state index is -5.06. The number of hydrogen-bond acceptors (Lipinski definition) is 4. The Morgan fingerprint density at radius 3 is 2.13 bits per heavy atom. The number of alkyl halides is 3. The first kappa shape index (κ1) is 22.6. The number of hydrogen-bond donors (Lipinski definition) is 2. The minimum absolute atomic E-state index is 0.104. The number of para-hydroxylation sites is 1. The molecule has 0 spiro atoms. The zero-order valence-corrected chi connectivity index (χ0v) is 17.1. The lowest BCUT2D eigenvalue weighted by molar-refractivity contribution is -0.167. The molecule has 2 aromatic rings. The van der Waals surface area contributed by atoms with Gasteiger partial charge in [0.15, 0.2) is 0 Å². The van der Waals surface area contributed by atoms with Crippen LogP contribution in [0.25, 0.3) is 0 Å². The molecule has 31 heavy (non-hydrogen) atoms. The van der Waals surface area contributed by atoms with Gasteiger partial charge in [-0.3, -0.25) is 14.3 Å². The van der Waals surface area contributed by atoms with E-state index in [4.69, 9.17) is 0 Å². The highest BCUT2D eigenvalue weighted by Gasteiger charge is 2.38. The van der Waals surface area contributed by atoms with Gasteiger partial charge < -0.3 is 10.2 Å². The minimum Gasteiger partial charge on any atom is -0.339 e. The summed E-state index contributed by atoms with van der Waals surface area (Å²) in [5.41, 5.74) is 0.108. The molecule has 1 aliphatic heterocycles. The Labute approximate surface area is 177 Å². The van der Waals surface area contributed by atoms with Crippen LogP contribution in [0.1, 0.15) is 29.6 Å². The molecule has 7 nitrogen and oxygen atoms in total. The molecule has 2 amide bonds. The lowest BCUT2D eigenvalue weighted by atomic mass is 10.1. The Morgan fingerprint density at radius 2 is 1.52 bits per heavy atom. The fourth-order valence-electron chi connectivity index (χ4n) is 3.15. The number of likely N-dealkylation sites (tertiary alicyclic amines) is 1. The van der Waals surface area contributed by atoms with Crippen molar-refractivity contribution in [3.8, 4) is 0 Å². The Balaban J connectivity index is 1.78. The normalized spacial score (nSPS) is 14.7. The number of piperidine rings is 1. The fourth-order valence-corrected chi connectivity index (χ4v) is 4.23. The molecule has 0 aromatic heterocycles. The van der Waals surface area contributed by atoms with Crippen LogP contribution in [0, 0.1) is 0 Å². The van der Waals surface area contributed by atoms with Crippen molar-refractivity contribution in [3.63, 3.8) is 0 Å². The van der Waals surface area contributed by atoms with Crippen LogP contribution in [0.3, 0.4) is 0 Å². The SMILES string of the molecule is O=C(c1ccccc1NS(=O)(=O)c1ccc(NC(=O)C(F)(F)F)cc1)N1CCCCC1. The summed E-state index contributed by atoms with van der Waals surface area (Å²) < 4.78 is 64.9. The first-order valence-corrected chi connectivity index (χ1v) is 11.0. The zero-order valence-electron chi connectivity index (χ0n) is 16.3. The van der Waals surface area contributed by atoms with E-state index in [-0.39, 0.29) is 27.7 Å². The van der Waals surface area contributed by atoms with E-state index < -0.39 is 22.1 Å². The first-order chi connectivity index (χ1) is 14.6. The van der Waals surface area contributed by atoms with Crippen molar-refractivity contribution in [3.05, 3.63) is 54.1 Å². The summed E-state index contributed by atoms with van der Waals surface area (Å²) in [4.78, 5) is 25.3. The van der Waals surface area contributed by atoms with Gasteiger partial charge in [0.25, 0.3) is 15.9 Å². The number of sulfonamides is 1. The molecule has 166 valence electrons. The molecule has 3 rings (SSSR count). The van der Waals surface area contributed by atoms with E-state index in [1.165, 1.54) is 12.1 Å². The molecule has 0 aliphatic carbocycles. The number of benzene rings is 2. The summed E-state index contributed by atoms with van der Waals surface area (Å²) in [5.74, 6) is -2.44. The average molecular weight is 455 g/mol. The highest BCUT2D eigenvalue weighted by atomic mass is 32.2. The summed E-state index contributed by atoms with van der Waals surface area (Å²) in [6.45, 7) is 1.20. The number of nitrogens with one attached hydrogen (secondary N) is 2. The Morgan fingerprint density at radius 1 is 0.903 bits per heavy atom. The number of rotatable bonds is 5. The third-order valence-corrected chi connectivity index (χ3v) is 6.11.